The summed E-state index contributed by atoms with van der Waals surface area (Å²) in [5.74, 6) is 0.0226. The molecule has 0 radical (unpaired) electrons. The van der Waals surface area contributed by atoms with Gasteiger partial charge in [0.25, 0.3) is 0 Å². The van der Waals surface area contributed by atoms with Gasteiger partial charge in [-0.15, -0.1) is 0 Å². The molecule has 0 aromatic carbocycles. The van der Waals surface area contributed by atoms with Crippen LogP contribution in [0.5, 0.6) is 0 Å². The van der Waals surface area contributed by atoms with Crippen molar-refractivity contribution in [2.75, 3.05) is 13.2 Å². The molecule has 0 aliphatic heterocycles. The highest BCUT2D eigenvalue weighted by molar-refractivity contribution is 5.71. The number of esters is 3. The maximum Gasteiger partial charge on any atom is 0.306 e. The molecular weight excluding hydrogens is 793 g/mol. The Morgan fingerprint density at radius 1 is 0.297 bits per heavy atom. The summed E-state index contributed by atoms with van der Waals surface area (Å²) in [4.78, 5) is 38.1. The third-order valence-corrected chi connectivity index (χ3v) is 13.3. The molecular formula is C58H112O6. The van der Waals surface area contributed by atoms with Crippen molar-refractivity contribution in [1.29, 1.82) is 0 Å². The average molecular weight is 906 g/mol. The van der Waals surface area contributed by atoms with Crippen LogP contribution in [0.15, 0.2) is 0 Å². The monoisotopic (exact) mass is 905 g/mol. The van der Waals surface area contributed by atoms with Crippen LogP contribution in [0.1, 0.15) is 329 Å². The van der Waals surface area contributed by atoms with Gasteiger partial charge in [-0.05, 0) is 25.2 Å². The Morgan fingerprint density at radius 3 is 0.766 bits per heavy atom. The first-order valence-corrected chi connectivity index (χ1v) is 28.9. The topological polar surface area (TPSA) is 78.9 Å². The highest BCUT2D eigenvalue weighted by Crippen LogP contribution is 2.18. The van der Waals surface area contributed by atoms with Crippen LogP contribution in [0, 0.1) is 5.92 Å². The number of hydrogen-bond donors (Lipinski definition) is 0. The van der Waals surface area contributed by atoms with E-state index in [1.807, 2.05) is 0 Å². The molecule has 0 bridgehead atoms. The number of hydrogen-bond acceptors (Lipinski definition) is 6. The Kier molecular flexibility index (Phi) is 51.1. The molecule has 0 unspecified atom stereocenters. The van der Waals surface area contributed by atoms with Gasteiger partial charge in [-0.1, -0.05) is 291 Å². The molecule has 0 saturated heterocycles. The summed E-state index contributed by atoms with van der Waals surface area (Å²) in [6.45, 7) is 9.06. The van der Waals surface area contributed by atoms with Crippen LogP contribution < -0.4 is 0 Å². The number of carbonyl (C=O) groups is 3. The Bertz CT molecular complexity index is 964. The van der Waals surface area contributed by atoms with E-state index >= 15 is 0 Å². The molecule has 0 amide bonds. The van der Waals surface area contributed by atoms with E-state index in [2.05, 4.69) is 27.7 Å². The molecule has 6 nitrogen and oxygen atoms in total. The molecule has 0 heterocycles. The first-order chi connectivity index (χ1) is 31.4. The maximum absolute atomic E-state index is 12.8. The Morgan fingerprint density at radius 2 is 0.516 bits per heavy atom. The lowest BCUT2D eigenvalue weighted by atomic mass is 10.0. The molecule has 0 aromatic heterocycles. The summed E-state index contributed by atoms with van der Waals surface area (Å²) in [6, 6.07) is 0. The average Bonchev–Trinajstić information content (AvgIpc) is 3.28. The van der Waals surface area contributed by atoms with Gasteiger partial charge in [0, 0.05) is 19.3 Å². The van der Waals surface area contributed by atoms with Crippen molar-refractivity contribution >= 4 is 17.9 Å². The zero-order valence-corrected chi connectivity index (χ0v) is 43.8. The van der Waals surface area contributed by atoms with Gasteiger partial charge in [-0.2, -0.15) is 0 Å². The molecule has 0 aromatic rings. The van der Waals surface area contributed by atoms with Gasteiger partial charge in [-0.3, -0.25) is 14.4 Å². The second kappa shape index (κ2) is 52.4. The normalized spacial score (nSPS) is 12.0. The van der Waals surface area contributed by atoms with Crippen LogP contribution in [0.25, 0.3) is 0 Å². The standard InChI is InChI=1S/C58H112O6/c1-5-7-9-11-13-15-17-18-26-31-35-39-43-47-51-58(61)64-55(52-62-56(59)49-45-41-37-33-28-16-14-12-10-8-6-2)53-63-57(60)50-46-42-38-34-30-27-24-22-20-19-21-23-25-29-32-36-40-44-48-54(3)4/h54-55H,5-53H2,1-4H3/t55-/m0/s1. The Hall–Kier alpha value is -1.59. The van der Waals surface area contributed by atoms with E-state index in [4.69, 9.17) is 14.2 Å². The molecule has 0 rings (SSSR count). The SMILES string of the molecule is CCCCCCCCCCCCCCCCC(=O)O[C@@H](COC(=O)CCCCCCCCCCCCC)COC(=O)CCCCCCCCCCCCCCCCCCCCC(C)C. The maximum atomic E-state index is 12.8. The molecule has 0 fully saturated rings. The third kappa shape index (κ3) is 51.4. The van der Waals surface area contributed by atoms with Crippen molar-refractivity contribution in [2.45, 2.75) is 336 Å². The van der Waals surface area contributed by atoms with Gasteiger partial charge in [-0.25, -0.2) is 0 Å². The van der Waals surface area contributed by atoms with Gasteiger partial charge < -0.3 is 14.2 Å². The van der Waals surface area contributed by atoms with Crippen LogP contribution in [0.4, 0.5) is 0 Å². The predicted octanol–water partition coefficient (Wildman–Crippen LogP) is 19.0. The molecule has 0 saturated carbocycles. The summed E-state index contributed by atoms with van der Waals surface area (Å²) >= 11 is 0. The number of ether oxygens (including phenoxy) is 3. The second-order valence-electron chi connectivity index (χ2n) is 20.4. The van der Waals surface area contributed by atoms with Crippen molar-refractivity contribution in [3.63, 3.8) is 0 Å². The summed E-state index contributed by atoms with van der Waals surface area (Å²) in [5.41, 5.74) is 0. The second-order valence-corrected chi connectivity index (χ2v) is 20.4. The van der Waals surface area contributed by atoms with Crippen molar-refractivity contribution in [3.05, 3.63) is 0 Å². The zero-order chi connectivity index (χ0) is 46.7. The van der Waals surface area contributed by atoms with Crippen LogP contribution >= 0.6 is 0 Å². The molecule has 6 heteroatoms. The van der Waals surface area contributed by atoms with Crippen molar-refractivity contribution < 1.29 is 28.6 Å². The van der Waals surface area contributed by atoms with Crippen molar-refractivity contribution in [3.8, 4) is 0 Å². The van der Waals surface area contributed by atoms with Crippen LogP contribution in [0.3, 0.4) is 0 Å². The van der Waals surface area contributed by atoms with E-state index in [0.717, 1.165) is 63.7 Å². The molecule has 0 spiro atoms. The molecule has 0 aliphatic rings. The number of unbranched alkanes of at least 4 members (excludes halogenated alkanes) is 40. The largest absolute Gasteiger partial charge is 0.462 e. The predicted molar refractivity (Wildman–Crippen MR) is 275 cm³/mol. The Balaban J connectivity index is 4.21. The van der Waals surface area contributed by atoms with Crippen molar-refractivity contribution in [2.24, 2.45) is 5.92 Å². The van der Waals surface area contributed by atoms with E-state index in [-0.39, 0.29) is 31.1 Å². The van der Waals surface area contributed by atoms with E-state index in [0.29, 0.717) is 19.3 Å². The summed E-state index contributed by atoms with van der Waals surface area (Å²) in [5, 5.41) is 0. The smallest absolute Gasteiger partial charge is 0.306 e. The molecule has 380 valence electrons. The van der Waals surface area contributed by atoms with Gasteiger partial charge >= 0.3 is 17.9 Å². The van der Waals surface area contributed by atoms with E-state index < -0.39 is 6.10 Å². The van der Waals surface area contributed by atoms with Gasteiger partial charge in [0.2, 0.25) is 0 Å². The fourth-order valence-corrected chi connectivity index (χ4v) is 8.92. The minimum atomic E-state index is -0.761. The third-order valence-electron chi connectivity index (χ3n) is 13.3. The summed E-state index contributed by atoms with van der Waals surface area (Å²) < 4.78 is 16.9. The minimum absolute atomic E-state index is 0.0618. The number of carbonyl (C=O) groups excluding carboxylic acids is 3. The lowest BCUT2D eigenvalue weighted by molar-refractivity contribution is -0.167. The molecule has 0 N–H and O–H groups in total. The molecule has 0 aliphatic carbocycles. The fourth-order valence-electron chi connectivity index (χ4n) is 8.92. The van der Waals surface area contributed by atoms with Gasteiger partial charge in [0.05, 0.1) is 0 Å². The summed E-state index contributed by atoms with van der Waals surface area (Å²) in [6.07, 6.45) is 56.7. The fraction of sp³-hybridized carbons (Fsp3) is 0.948. The highest BCUT2D eigenvalue weighted by atomic mass is 16.6. The molecule has 1 atom stereocenters. The quantitative estimate of drug-likeness (QED) is 0.0344. The Labute approximate surface area is 399 Å². The molecule has 64 heavy (non-hydrogen) atoms. The lowest BCUT2D eigenvalue weighted by Gasteiger charge is -2.18. The van der Waals surface area contributed by atoms with Crippen LogP contribution in [-0.4, -0.2) is 37.2 Å². The first-order valence-electron chi connectivity index (χ1n) is 28.9. The minimum Gasteiger partial charge on any atom is -0.462 e. The van der Waals surface area contributed by atoms with E-state index in [1.165, 1.54) is 225 Å². The number of rotatable bonds is 53. The van der Waals surface area contributed by atoms with Crippen LogP contribution in [0.2, 0.25) is 0 Å². The van der Waals surface area contributed by atoms with Gasteiger partial charge in [0.15, 0.2) is 6.10 Å². The van der Waals surface area contributed by atoms with E-state index in [9.17, 15) is 14.4 Å². The van der Waals surface area contributed by atoms with Crippen molar-refractivity contribution in [1.82, 2.24) is 0 Å². The zero-order valence-electron chi connectivity index (χ0n) is 43.8. The lowest BCUT2D eigenvalue weighted by Crippen LogP contribution is -2.30. The van der Waals surface area contributed by atoms with E-state index in [1.54, 1.807) is 0 Å². The highest BCUT2D eigenvalue weighted by Gasteiger charge is 2.19. The van der Waals surface area contributed by atoms with Crippen LogP contribution in [-0.2, 0) is 28.6 Å². The summed E-state index contributed by atoms with van der Waals surface area (Å²) in [7, 11) is 0. The first kappa shape index (κ1) is 62.4. The van der Waals surface area contributed by atoms with Gasteiger partial charge in [0.1, 0.15) is 13.2 Å².